The van der Waals surface area contributed by atoms with Gasteiger partial charge in [-0.25, -0.2) is 9.97 Å². The number of hydrogen-bond donors (Lipinski definition) is 1. The van der Waals surface area contributed by atoms with Crippen LogP contribution in [0.5, 0.6) is 0 Å². The number of rotatable bonds is 6. The number of carboxylic acids is 1. The molecule has 26 heavy (non-hydrogen) atoms. The maximum Gasteiger partial charge on any atom is 0.307 e. The van der Waals surface area contributed by atoms with Gasteiger partial charge in [-0.1, -0.05) is 42.8 Å². The van der Waals surface area contributed by atoms with Crippen LogP contribution in [-0.4, -0.2) is 21.0 Å². The van der Waals surface area contributed by atoms with Gasteiger partial charge in [0.05, 0.1) is 21.3 Å². The lowest BCUT2D eigenvalue weighted by molar-refractivity contribution is -0.136. The second kappa shape index (κ2) is 7.98. The van der Waals surface area contributed by atoms with Crippen LogP contribution in [0.3, 0.4) is 0 Å². The fourth-order valence-corrected chi connectivity index (χ4v) is 3.93. The summed E-state index contributed by atoms with van der Waals surface area (Å²) in [4.78, 5) is 21.2. The van der Waals surface area contributed by atoms with Crippen molar-refractivity contribution in [2.45, 2.75) is 33.1 Å². The molecule has 3 rings (SSSR count). The van der Waals surface area contributed by atoms with Gasteiger partial charge in [0.1, 0.15) is 0 Å². The van der Waals surface area contributed by atoms with Crippen molar-refractivity contribution in [3.05, 3.63) is 68.8 Å². The van der Waals surface area contributed by atoms with Crippen LogP contribution >= 0.6 is 22.9 Å². The summed E-state index contributed by atoms with van der Waals surface area (Å²) in [5, 5.41) is 8.89. The van der Waals surface area contributed by atoms with Crippen molar-refractivity contribution in [3.63, 3.8) is 0 Å². The number of aromatic nitrogens is 2. The van der Waals surface area contributed by atoms with E-state index in [0.717, 1.165) is 43.7 Å². The van der Waals surface area contributed by atoms with Gasteiger partial charge in [0.2, 0.25) is 0 Å². The number of aliphatic carboxylic acids is 1. The number of carboxylic acid groups (broad SMARTS) is 1. The van der Waals surface area contributed by atoms with Crippen molar-refractivity contribution < 1.29 is 9.90 Å². The Labute approximate surface area is 161 Å². The molecule has 0 aliphatic carbocycles. The van der Waals surface area contributed by atoms with E-state index in [9.17, 15) is 4.79 Å². The third-order valence-electron chi connectivity index (χ3n) is 4.20. The van der Waals surface area contributed by atoms with Gasteiger partial charge >= 0.3 is 5.97 Å². The summed E-state index contributed by atoms with van der Waals surface area (Å²) in [6, 6.07) is 11.5. The van der Waals surface area contributed by atoms with E-state index < -0.39 is 5.97 Å². The largest absolute Gasteiger partial charge is 0.481 e. The maximum absolute atomic E-state index is 10.8. The molecule has 0 fully saturated rings. The lowest BCUT2D eigenvalue weighted by atomic mass is 10.0. The Morgan fingerprint density at radius 3 is 2.38 bits per heavy atom. The number of nitrogens with zero attached hydrogens (tertiary/aromatic N) is 2. The Morgan fingerprint density at radius 2 is 1.81 bits per heavy atom. The summed E-state index contributed by atoms with van der Waals surface area (Å²) < 4.78 is 0.719. The topological polar surface area (TPSA) is 63.1 Å². The SMILES string of the molecule is CCc1c(C)nc(-c2ccc(Cl)s2)nc1Cc1ccc(CC(=O)O)cc1. The molecule has 0 radical (unpaired) electrons. The standard InChI is InChI=1S/C20H19ClN2O2S/c1-3-15-12(2)22-20(17-8-9-18(21)26-17)23-16(15)10-13-4-6-14(7-5-13)11-19(24)25/h4-9H,3,10-11H2,1-2H3,(H,24,25). The zero-order valence-electron chi connectivity index (χ0n) is 14.6. The van der Waals surface area contributed by atoms with Crippen LogP contribution in [0.15, 0.2) is 36.4 Å². The fourth-order valence-electron chi connectivity index (χ4n) is 2.95. The summed E-state index contributed by atoms with van der Waals surface area (Å²) in [5.41, 5.74) is 5.04. The van der Waals surface area contributed by atoms with Gasteiger partial charge in [-0.15, -0.1) is 11.3 Å². The minimum absolute atomic E-state index is 0.0381. The third-order valence-corrected chi connectivity index (χ3v) is 5.42. The highest BCUT2D eigenvalue weighted by atomic mass is 35.5. The lowest BCUT2D eigenvalue weighted by Crippen LogP contribution is -2.06. The van der Waals surface area contributed by atoms with Crippen LogP contribution in [0.25, 0.3) is 10.7 Å². The Hall–Kier alpha value is -2.24. The quantitative estimate of drug-likeness (QED) is 0.651. The van der Waals surface area contributed by atoms with E-state index in [1.165, 1.54) is 11.3 Å². The molecule has 0 amide bonds. The highest BCUT2D eigenvalue weighted by molar-refractivity contribution is 7.19. The van der Waals surface area contributed by atoms with E-state index in [0.29, 0.717) is 12.2 Å². The molecule has 4 nitrogen and oxygen atoms in total. The molecule has 0 saturated carbocycles. The van der Waals surface area contributed by atoms with Crippen LogP contribution in [0.2, 0.25) is 4.34 Å². The van der Waals surface area contributed by atoms with E-state index in [1.807, 2.05) is 43.3 Å². The summed E-state index contributed by atoms with van der Waals surface area (Å²) in [7, 11) is 0. The molecule has 134 valence electrons. The summed E-state index contributed by atoms with van der Waals surface area (Å²) in [6.07, 6.45) is 1.59. The van der Waals surface area contributed by atoms with E-state index in [-0.39, 0.29) is 6.42 Å². The molecule has 0 bridgehead atoms. The molecule has 0 spiro atoms. The maximum atomic E-state index is 10.8. The molecule has 6 heteroatoms. The van der Waals surface area contributed by atoms with Crippen molar-refractivity contribution >= 4 is 28.9 Å². The smallest absolute Gasteiger partial charge is 0.307 e. The summed E-state index contributed by atoms with van der Waals surface area (Å²) in [5.74, 6) is -0.120. The summed E-state index contributed by atoms with van der Waals surface area (Å²) >= 11 is 7.52. The van der Waals surface area contributed by atoms with Gasteiger partial charge in [0.25, 0.3) is 0 Å². The van der Waals surface area contributed by atoms with Gasteiger partial charge in [-0.3, -0.25) is 4.79 Å². The molecule has 0 saturated heterocycles. The van der Waals surface area contributed by atoms with Crippen LogP contribution in [0.1, 0.15) is 35.0 Å². The molecule has 0 aliphatic heterocycles. The monoisotopic (exact) mass is 386 g/mol. The zero-order valence-corrected chi connectivity index (χ0v) is 16.2. The summed E-state index contributed by atoms with van der Waals surface area (Å²) in [6.45, 7) is 4.12. The minimum atomic E-state index is -0.823. The van der Waals surface area contributed by atoms with Crippen LogP contribution < -0.4 is 0 Å². The molecule has 2 heterocycles. The van der Waals surface area contributed by atoms with Crippen molar-refractivity contribution in [1.82, 2.24) is 9.97 Å². The van der Waals surface area contributed by atoms with E-state index >= 15 is 0 Å². The van der Waals surface area contributed by atoms with Crippen molar-refractivity contribution in [1.29, 1.82) is 0 Å². The van der Waals surface area contributed by atoms with Gasteiger partial charge < -0.3 is 5.11 Å². The van der Waals surface area contributed by atoms with Crippen molar-refractivity contribution in [2.75, 3.05) is 0 Å². The predicted octanol–water partition coefficient (Wildman–Crippen LogP) is 4.95. The number of benzene rings is 1. The van der Waals surface area contributed by atoms with Crippen LogP contribution in [-0.2, 0) is 24.1 Å². The second-order valence-corrected chi connectivity index (χ2v) is 7.79. The Kier molecular flexibility index (Phi) is 5.69. The van der Waals surface area contributed by atoms with Crippen LogP contribution in [0.4, 0.5) is 0 Å². The first-order valence-corrected chi connectivity index (χ1v) is 9.57. The molecular weight excluding hydrogens is 368 g/mol. The third kappa shape index (κ3) is 4.29. The number of halogens is 1. The van der Waals surface area contributed by atoms with E-state index in [2.05, 4.69) is 11.9 Å². The molecule has 0 unspecified atom stereocenters. The van der Waals surface area contributed by atoms with Crippen molar-refractivity contribution in [2.24, 2.45) is 0 Å². The van der Waals surface area contributed by atoms with Gasteiger partial charge in [0, 0.05) is 12.1 Å². The fraction of sp³-hybridized carbons (Fsp3) is 0.250. The molecule has 2 aromatic heterocycles. The predicted molar refractivity (Wildman–Crippen MR) is 105 cm³/mol. The number of thiophene rings is 1. The highest BCUT2D eigenvalue weighted by Crippen LogP contribution is 2.30. The average Bonchev–Trinajstić information content (AvgIpc) is 3.02. The van der Waals surface area contributed by atoms with E-state index in [1.54, 1.807) is 0 Å². The number of carbonyl (C=O) groups is 1. The van der Waals surface area contributed by atoms with Crippen molar-refractivity contribution in [3.8, 4) is 10.7 Å². The Balaban J connectivity index is 1.92. The molecular formula is C20H19ClN2O2S. The first-order chi connectivity index (χ1) is 12.5. The number of hydrogen-bond acceptors (Lipinski definition) is 4. The number of aryl methyl sites for hydroxylation is 1. The van der Waals surface area contributed by atoms with Gasteiger partial charge in [0.15, 0.2) is 5.82 Å². The first-order valence-electron chi connectivity index (χ1n) is 8.38. The Morgan fingerprint density at radius 1 is 1.12 bits per heavy atom. The average molecular weight is 387 g/mol. The minimum Gasteiger partial charge on any atom is -0.481 e. The first kappa shape index (κ1) is 18.5. The molecule has 1 aromatic carbocycles. The molecule has 1 N–H and O–H groups in total. The Bertz CT molecular complexity index is 935. The molecule has 3 aromatic rings. The molecule has 0 atom stereocenters. The highest BCUT2D eigenvalue weighted by Gasteiger charge is 2.14. The van der Waals surface area contributed by atoms with E-state index in [4.69, 9.17) is 21.7 Å². The second-order valence-electron chi connectivity index (χ2n) is 6.08. The lowest BCUT2D eigenvalue weighted by Gasteiger charge is -2.12. The normalized spacial score (nSPS) is 10.9. The van der Waals surface area contributed by atoms with Gasteiger partial charge in [-0.2, -0.15) is 0 Å². The van der Waals surface area contributed by atoms with Crippen LogP contribution in [0, 0.1) is 6.92 Å². The zero-order chi connectivity index (χ0) is 18.7. The van der Waals surface area contributed by atoms with Gasteiger partial charge in [-0.05, 0) is 42.2 Å². The molecule has 0 aliphatic rings.